The molecular formula is C14H17ClN4S. The van der Waals surface area contributed by atoms with Crippen LogP contribution in [0.3, 0.4) is 0 Å². The van der Waals surface area contributed by atoms with Crippen LogP contribution in [-0.2, 0) is 6.54 Å². The Balaban J connectivity index is 1.96. The smallest absolute Gasteiger partial charge is 0.171 e. The van der Waals surface area contributed by atoms with E-state index in [1.807, 2.05) is 41.2 Å². The van der Waals surface area contributed by atoms with Crippen LogP contribution in [0.1, 0.15) is 18.9 Å². The van der Waals surface area contributed by atoms with Crippen molar-refractivity contribution >= 4 is 34.7 Å². The van der Waals surface area contributed by atoms with Gasteiger partial charge in [0.25, 0.3) is 0 Å². The Kier molecular flexibility index (Phi) is 5.38. The molecule has 0 saturated carbocycles. The molecule has 0 atom stereocenters. The van der Waals surface area contributed by atoms with Crippen molar-refractivity contribution < 1.29 is 0 Å². The van der Waals surface area contributed by atoms with Gasteiger partial charge < -0.3 is 10.6 Å². The molecule has 106 valence electrons. The first kappa shape index (κ1) is 14.8. The molecule has 0 amide bonds. The van der Waals surface area contributed by atoms with Crippen LogP contribution in [-0.4, -0.2) is 21.4 Å². The summed E-state index contributed by atoms with van der Waals surface area (Å²) in [5, 5.41) is 11.9. The first-order valence-corrected chi connectivity index (χ1v) is 7.29. The third-order valence-electron chi connectivity index (χ3n) is 2.71. The molecule has 0 aliphatic carbocycles. The van der Waals surface area contributed by atoms with Gasteiger partial charge >= 0.3 is 0 Å². The molecule has 0 aliphatic rings. The second kappa shape index (κ2) is 7.26. The Hall–Kier alpha value is -1.59. The Morgan fingerprint density at radius 2 is 2.15 bits per heavy atom. The summed E-state index contributed by atoms with van der Waals surface area (Å²) in [5.41, 5.74) is 1.04. The zero-order chi connectivity index (χ0) is 14.4. The highest BCUT2D eigenvalue weighted by Crippen LogP contribution is 2.16. The summed E-state index contributed by atoms with van der Waals surface area (Å²) in [5.74, 6) is 0.727. The molecular weight excluding hydrogens is 292 g/mol. The maximum absolute atomic E-state index is 6.13. The van der Waals surface area contributed by atoms with Gasteiger partial charge in [0.15, 0.2) is 10.9 Å². The van der Waals surface area contributed by atoms with E-state index in [9.17, 15) is 0 Å². The molecule has 0 unspecified atom stereocenters. The van der Waals surface area contributed by atoms with Gasteiger partial charge in [-0.1, -0.05) is 36.7 Å². The van der Waals surface area contributed by atoms with Crippen molar-refractivity contribution in [3.63, 3.8) is 0 Å². The van der Waals surface area contributed by atoms with Crippen LogP contribution in [0.25, 0.3) is 0 Å². The monoisotopic (exact) mass is 308 g/mol. The molecule has 2 N–H and O–H groups in total. The van der Waals surface area contributed by atoms with Crippen LogP contribution >= 0.6 is 23.8 Å². The highest BCUT2D eigenvalue weighted by molar-refractivity contribution is 7.80. The Morgan fingerprint density at radius 1 is 1.35 bits per heavy atom. The first-order valence-electron chi connectivity index (χ1n) is 6.50. The third kappa shape index (κ3) is 4.21. The quantitative estimate of drug-likeness (QED) is 0.832. The lowest BCUT2D eigenvalue weighted by molar-refractivity contribution is 0.690. The summed E-state index contributed by atoms with van der Waals surface area (Å²) in [4.78, 5) is 0. The predicted octanol–water partition coefficient (Wildman–Crippen LogP) is 3.28. The molecule has 0 aliphatic heterocycles. The second-order valence-electron chi connectivity index (χ2n) is 4.37. The number of thiocarbonyl (C=S) groups is 1. The number of hydrogen-bond acceptors (Lipinski definition) is 2. The van der Waals surface area contributed by atoms with E-state index < -0.39 is 0 Å². The average Bonchev–Trinajstić information content (AvgIpc) is 2.86. The summed E-state index contributed by atoms with van der Waals surface area (Å²) < 4.78 is 1.83. The molecule has 1 heterocycles. The maximum Gasteiger partial charge on any atom is 0.171 e. The minimum Gasteiger partial charge on any atom is -0.362 e. The van der Waals surface area contributed by atoms with Crippen LogP contribution in [0.5, 0.6) is 0 Å². The van der Waals surface area contributed by atoms with Crippen molar-refractivity contribution in [3.8, 4) is 0 Å². The van der Waals surface area contributed by atoms with Gasteiger partial charge in [0.1, 0.15) is 0 Å². The topological polar surface area (TPSA) is 41.9 Å². The molecule has 0 saturated heterocycles. The van der Waals surface area contributed by atoms with Gasteiger partial charge in [-0.15, -0.1) is 0 Å². The summed E-state index contributed by atoms with van der Waals surface area (Å²) in [6.45, 7) is 3.58. The van der Waals surface area contributed by atoms with E-state index >= 15 is 0 Å². The highest BCUT2D eigenvalue weighted by Gasteiger charge is 2.04. The van der Waals surface area contributed by atoms with Crippen molar-refractivity contribution in [1.82, 2.24) is 15.1 Å². The van der Waals surface area contributed by atoms with Gasteiger partial charge in [0.05, 0.1) is 6.54 Å². The lowest BCUT2D eigenvalue weighted by Crippen LogP contribution is -2.29. The lowest BCUT2D eigenvalue weighted by Gasteiger charge is -2.07. The van der Waals surface area contributed by atoms with Crippen LogP contribution < -0.4 is 10.6 Å². The zero-order valence-electron chi connectivity index (χ0n) is 11.3. The normalized spacial score (nSPS) is 10.3. The molecule has 0 radical (unpaired) electrons. The highest BCUT2D eigenvalue weighted by atomic mass is 35.5. The fourth-order valence-corrected chi connectivity index (χ4v) is 2.12. The van der Waals surface area contributed by atoms with Crippen molar-refractivity contribution in [3.05, 3.63) is 47.1 Å². The van der Waals surface area contributed by atoms with Gasteiger partial charge in [0.2, 0.25) is 0 Å². The molecule has 1 aromatic heterocycles. The second-order valence-corrected chi connectivity index (χ2v) is 5.19. The molecule has 6 heteroatoms. The maximum atomic E-state index is 6.13. The van der Waals surface area contributed by atoms with Crippen molar-refractivity contribution in [2.45, 2.75) is 19.9 Å². The van der Waals surface area contributed by atoms with E-state index in [2.05, 4.69) is 22.7 Å². The lowest BCUT2D eigenvalue weighted by atomic mass is 10.2. The number of hydrogen-bond donors (Lipinski definition) is 2. The summed E-state index contributed by atoms with van der Waals surface area (Å²) >= 11 is 11.3. The molecule has 2 rings (SSSR count). The molecule has 4 nitrogen and oxygen atoms in total. The Labute approximate surface area is 129 Å². The fraction of sp³-hybridized carbons (Fsp3) is 0.286. The molecule has 0 spiro atoms. The van der Waals surface area contributed by atoms with Gasteiger partial charge in [0, 0.05) is 23.8 Å². The molecule has 0 bridgehead atoms. The van der Waals surface area contributed by atoms with E-state index in [1.165, 1.54) is 0 Å². The molecule has 20 heavy (non-hydrogen) atoms. The van der Waals surface area contributed by atoms with E-state index in [0.29, 0.717) is 11.7 Å². The number of rotatable bonds is 5. The van der Waals surface area contributed by atoms with E-state index in [0.717, 1.165) is 29.4 Å². The third-order valence-corrected chi connectivity index (χ3v) is 3.32. The number of anilines is 1. The largest absolute Gasteiger partial charge is 0.362 e. The molecule has 1 aromatic carbocycles. The predicted molar refractivity (Wildman–Crippen MR) is 87.3 cm³/mol. The summed E-state index contributed by atoms with van der Waals surface area (Å²) in [7, 11) is 0. The summed E-state index contributed by atoms with van der Waals surface area (Å²) in [6.07, 6.45) is 2.93. The minimum absolute atomic E-state index is 0.592. The zero-order valence-corrected chi connectivity index (χ0v) is 12.8. The van der Waals surface area contributed by atoms with Crippen LogP contribution in [0.15, 0.2) is 36.5 Å². The number of halogens is 1. The minimum atomic E-state index is 0.592. The van der Waals surface area contributed by atoms with Crippen LogP contribution in [0.2, 0.25) is 5.02 Å². The number of benzene rings is 1. The van der Waals surface area contributed by atoms with Gasteiger partial charge in [-0.2, -0.15) is 5.10 Å². The van der Waals surface area contributed by atoms with E-state index in [-0.39, 0.29) is 0 Å². The Morgan fingerprint density at radius 3 is 2.90 bits per heavy atom. The standard InChI is InChI=1S/C14H17ClN4S/c1-2-8-16-14(20)17-13-7-9-19(18-13)10-11-5-3-4-6-12(11)15/h3-7,9H,2,8,10H2,1H3,(H2,16,17,18,20). The van der Waals surface area contributed by atoms with Gasteiger partial charge in [-0.25, -0.2) is 0 Å². The number of nitrogens with one attached hydrogen (secondary N) is 2. The van der Waals surface area contributed by atoms with Gasteiger partial charge in [-0.05, 0) is 30.3 Å². The van der Waals surface area contributed by atoms with Crippen molar-refractivity contribution in [1.29, 1.82) is 0 Å². The van der Waals surface area contributed by atoms with Crippen LogP contribution in [0.4, 0.5) is 5.82 Å². The Bertz CT molecular complexity index is 582. The number of aromatic nitrogens is 2. The molecule has 0 fully saturated rings. The van der Waals surface area contributed by atoms with Crippen molar-refractivity contribution in [2.24, 2.45) is 0 Å². The van der Waals surface area contributed by atoms with Gasteiger partial charge in [-0.3, -0.25) is 4.68 Å². The SMILES string of the molecule is CCCNC(=S)Nc1ccn(Cc2ccccc2Cl)n1. The van der Waals surface area contributed by atoms with E-state index in [4.69, 9.17) is 23.8 Å². The first-order chi connectivity index (χ1) is 9.69. The number of nitrogens with zero attached hydrogens (tertiary/aromatic N) is 2. The van der Waals surface area contributed by atoms with E-state index in [1.54, 1.807) is 0 Å². The summed E-state index contributed by atoms with van der Waals surface area (Å²) in [6, 6.07) is 9.64. The van der Waals surface area contributed by atoms with Crippen LogP contribution in [0, 0.1) is 0 Å². The fourth-order valence-electron chi connectivity index (χ4n) is 1.72. The van der Waals surface area contributed by atoms with Crippen molar-refractivity contribution in [2.75, 3.05) is 11.9 Å². The molecule has 2 aromatic rings. The average molecular weight is 309 g/mol.